The van der Waals surface area contributed by atoms with Gasteiger partial charge in [0, 0.05) is 62.0 Å². The Kier molecular flexibility index (Phi) is 10.3. The number of likely N-dealkylation sites (N-methyl/N-ethyl adjacent to an activating group) is 1. The lowest BCUT2D eigenvalue weighted by molar-refractivity contribution is -0.141. The Labute approximate surface area is 303 Å². The second-order valence-electron chi connectivity index (χ2n) is 13.0. The highest BCUT2D eigenvalue weighted by atomic mass is 35.5. The maximum atomic E-state index is 16.1. The SMILES string of the molecule is COc1c(CN2CCC(C(=O)O)C2)cc(Cl)c(NC(F)(F)c2cccc(-c3cccc(NC(=O)c4nc5c(n4C)CCN(C)C5)c3Cl)c2C)c1F. The number of likely N-dealkylation sites (tertiary alicyclic amines) is 1. The summed E-state index contributed by atoms with van der Waals surface area (Å²) in [6.07, 6.45) is 1.20. The molecule has 0 spiro atoms. The van der Waals surface area contributed by atoms with Crippen molar-refractivity contribution in [3.8, 4) is 16.9 Å². The smallest absolute Gasteiger partial charge is 0.350 e. The summed E-state index contributed by atoms with van der Waals surface area (Å²) in [4.78, 5) is 33.2. The molecule has 1 amide bonds. The van der Waals surface area contributed by atoms with Crippen LogP contribution >= 0.6 is 23.2 Å². The van der Waals surface area contributed by atoms with E-state index in [0.29, 0.717) is 36.2 Å². The van der Waals surface area contributed by atoms with E-state index in [1.54, 1.807) is 35.9 Å². The number of nitrogens with zero attached hydrogens (tertiary/aromatic N) is 4. The molecule has 10 nitrogen and oxygen atoms in total. The monoisotopic (exact) mass is 744 g/mol. The Hall–Kier alpha value is -4.30. The first-order chi connectivity index (χ1) is 24.2. The van der Waals surface area contributed by atoms with E-state index in [1.165, 1.54) is 32.2 Å². The van der Waals surface area contributed by atoms with Crippen molar-refractivity contribution in [2.24, 2.45) is 13.0 Å². The van der Waals surface area contributed by atoms with E-state index < -0.39 is 40.9 Å². The first-order valence-electron chi connectivity index (χ1n) is 16.3. The highest BCUT2D eigenvalue weighted by molar-refractivity contribution is 6.36. The molecule has 1 fully saturated rings. The zero-order valence-electron chi connectivity index (χ0n) is 28.4. The predicted molar refractivity (Wildman–Crippen MR) is 189 cm³/mol. The molecular weight excluding hydrogens is 708 g/mol. The van der Waals surface area contributed by atoms with Crippen molar-refractivity contribution in [1.29, 1.82) is 0 Å². The number of carboxylic acids is 1. The molecule has 1 saturated heterocycles. The molecule has 3 aromatic carbocycles. The van der Waals surface area contributed by atoms with Crippen LogP contribution in [0.1, 0.15) is 45.1 Å². The number of amides is 1. The van der Waals surface area contributed by atoms with E-state index in [2.05, 4.69) is 15.2 Å². The second kappa shape index (κ2) is 14.4. The van der Waals surface area contributed by atoms with E-state index >= 15 is 13.2 Å². The van der Waals surface area contributed by atoms with Gasteiger partial charge < -0.3 is 29.9 Å². The highest BCUT2D eigenvalue weighted by Crippen LogP contribution is 2.43. The predicted octanol–water partition coefficient (Wildman–Crippen LogP) is 7.16. The largest absolute Gasteiger partial charge is 0.493 e. The van der Waals surface area contributed by atoms with Crippen molar-refractivity contribution in [2.45, 2.75) is 38.9 Å². The van der Waals surface area contributed by atoms with Crippen LogP contribution in [0.2, 0.25) is 10.0 Å². The van der Waals surface area contributed by atoms with Gasteiger partial charge in [0.2, 0.25) is 0 Å². The normalized spacial score (nSPS) is 16.6. The number of aliphatic carboxylic acids is 1. The van der Waals surface area contributed by atoms with E-state index in [4.69, 9.17) is 27.9 Å². The van der Waals surface area contributed by atoms with Crippen molar-refractivity contribution in [2.75, 3.05) is 44.4 Å². The van der Waals surface area contributed by atoms with E-state index in [-0.39, 0.29) is 46.0 Å². The molecule has 0 bridgehead atoms. The quantitative estimate of drug-likeness (QED) is 0.147. The van der Waals surface area contributed by atoms with Crippen LogP contribution in [-0.4, -0.2) is 70.1 Å². The van der Waals surface area contributed by atoms with Gasteiger partial charge in [-0.1, -0.05) is 53.5 Å². The number of aromatic nitrogens is 2. The molecule has 270 valence electrons. The van der Waals surface area contributed by atoms with Crippen LogP contribution in [0.4, 0.5) is 24.5 Å². The highest BCUT2D eigenvalue weighted by Gasteiger charge is 2.37. The maximum Gasteiger partial charge on any atom is 0.350 e. The summed E-state index contributed by atoms with van der Waals surface area (Å²) < 4.78 is 55.1. The lowest BCUT2D eigenvalue weighted by Crippen LogP contribution is -2.27. The van der Waals surface area contributed by atoms with Gasteiger partial charge in [-0.25, -0.2) is 9.37 Å². The molecule has 15 heteroatoms. The number of methoxy groups -OCH3 is 1. The molecule has 2 aliphatic heterocycles. The van der Waals surface area contributed by atoms with Crippen LogP contribution in [0.15, 0.2) is 42.5 Å². The number of nitrogens with one attached hydrogen (secondary N) is 2. The van der Waals surface area contributed by atoms with Crippen molar-refractivity contribution >= 4 is 46.5 Å². The summed E-state index contributed by atoms with van der Waals surface area (Å²) in [6.45, 7) is 3.84. The summed E-state index contributed by atoms with van der Waals surface area (Å²) in [5.74, 6) is -3.06. The molecule has 3 N–H and O–H groups in total. The number of carboxylic acid groups (broad SMARTS) is 1. The van der Waals surface area contributed by atoms with Crippen LogP contribution in [0.5, 0.6) is 5.75 Å². The number of hydrogen-bond donors (Lipinski definition) is 3. The third kappa shape index (κ3) is 7.12. The molecule has 3 heterocycles. The van der Waals surface area contributed by atoms with Gasteiger partial charge in [0.05, 0.1) is 40.1 Å². The number of alkyl halides is 2. The minimum Gasteiger partial charge on any atom is -0.493 e. The third-order valence-electron chi connectivity index (χ3n) is 9.61. The Morgan fingerprint density at radius 2 is 1.84 bits per heavy atom. The summed E-state index contributed by atoms with van der Waals surface area (Å²) in [5, 5.41) is 14.0. The number of carbonyl (C=O) groups is 2. The van der Waals surface area contributed by atoms with Gasteiger partial charge in [0.15, 0.2) is 17.4 Å². The average molecular weight is 746 g/mol. The first kappa shape index (κ1) is 36.5. The van der Waals surface area contributed by atoms with Gasteiger partial charge in [-0.2, -0.15) is 8.78 Å². The first-order valence-corrected chi connectivity index (χ1v) is 17.0. The number of anilines is 2. The standard InChI is InChI=1S/C36H37Cl2F3N6O4/c1-19-22(23-8-6-10-26(29(23)38)43-34(48)33-42-27-18-45(2)13-12-28(27)46(33)3)7-5-9-24(19)36(40,41)44-31-25(37)15-21(32(51-4)30(31)39)17-47-14-11-20(16-47)35(49)50/h5-10,15,20,44H,11-14,16-18H2,1-4H3,(H,43,48)(H,49,50). The summed E-state index contributed by atoms with van der Waals surface area (Å²) >= 11 is 13.2. The molecule has 0 saturated carbocycles. The number of benzene rings is 3. The van der Waals surface area contributed by atoms with E-state index in [0.717, 1.165) is 24.4 Å². The van der Waals surface area contributed by atoms with Crippen molar-refractivity contribution in [3.05, 3.63) is 92.2 Å². The minimum atomic E-state index is -3.82. The van der Waals surface area contributed by atoms with Crippen LogP contribution in [-0.2, 0) is 37.4 Å². The van der Waals surface area contributed by atoms with Crippen LogP contribution in [0.3, 0.4) is 0 Å². The average Bonchev–Trinajstić information content (AvgIpc) is 3.68. The number of carbonyl (C=O) groups excluding carboxylic acids is 1. The fourth-order valence-corrected chi connectivity index (χ4v) is 7.43. The molecule has 6 rings (SSSR count). The topological polar surface area (TPSA) is 112 Å². The molecule has 1 unspecified atom stereocenters. The van der Waals surface area contributed by atoms with E-state index in [1.807, 2.05) is 17.3 Å². The minimum absolute atomic E-state index is 0.128. The summed E-state index contributed by atoms with van der Waals surface area (Å²) in [6, 6.07) is 6.74. The fourth-order valence-electron chi connectivity index (χ4n) is 6.89. The molecule has 1 atom stereocenters. The number of halogens is 5. The van der Waals surface area contributed by atoms with Crippen molar-refractivity contribution in [1.82, 2.24) is 19.4 Å². The van der Waals surface area contributed by atoms with Gasteiger partial charge in [0.1, 0.15) is 0 Å². The molecule has 2 aliphatic rings. The van der Waals surface area contributed by atoms with Crippen molar-refractivity contribution < 1.29 is 32.6 Å². The van der Waals surface area contributed by atoms with Gasteiger partial charge in [0.25, 0.3) is 5.91 Å². The number of rotatable bonds is 10. The molecule has 0 aliphatic carbocycles. The number of fused-ring (bicyclic) bond motifs is 1. The Morgan fingerprint density at radius 3 is 2.55 bits per heavy atom. The maximum absolute atomic E-state index is 16.1. The lowest BCUT2D eigenvalue weighted by Gasteiger charge is -2.25. The Balaban J connectivity index is 1.25. The Morgan fingerprint density at radius 1 is 1.12 bits per heavy atom. The molecular formula is C36H37Cl2F3N6O4. The second-order valence-corrected chi connectivity index (χ2v) is 13.8. The Bertz CT molecular complexity index is 2020. The number of hydrogen-bond acceptors (Lipinski definition) is 7. The van der Waals surface area contributed by atoms with Gasteiger partial charge >= 0.3 is 12.0 Å². The fraction of sp³-hybridized carbons (Fsp3) is 0.361. The van der Waals surface area contributed by atoms with E-state index in [9.17, 15) is 14.7 Å². The molecule has 51 heavy (non-hydrogen) atoms. The van der Waals surface area contributed by atoms with Gasteiger partial charge in [-0.3, -0.25) is 14.5 Å². The van der Waals surface area contributed by atoms with Crippen LogP contribution in [0, 0.1) is 18.7 Å². The van der Waals surface area contributed by atoms with Crippen LogP contribution in [0.25, 0.3) is 11.1 Å². The molecule has 1 aromatic heterocycles. The van der Waals surface area contributed by atoms with Gasteiger partial charge in [-0.05, 0) is 50.2 Å². The van der Waals surface area contributed by atoms with Gasteiger partial charge in [-0.15, -0.1) is 0 Å². The summed E-state index contributed by atoms with van der Waals surface area (Å²) in [5.41, 5.74) is 2.23. The molecule has 4 aromatic rings. The molecule has 0 radical (unpaired) electrons. The number of ether oxygens (including phenoxy) is 1. The van der Waals surface area contributed by atoms with Crippen molar-refractivity contribution in [3.63, 3.8) is 0 Å². The van der Waals surface area contributed by atoms with Crippen LogP contribution < -0.4 is 15.4 Å². The zero-order valence-corrected chi connectivity index (χ0v) is 29.9. The number of imidazole rings is 1. The zero-order chi connectivity index (χ0) is 36.8. The lowest BCUT2D eigenvalue weighted by atomic mass is 9.95. The third-order valence-corrected chi connectivity index (χ3v) is 10.3. The summed E-state index contributed by atoms with van der Waals surface area (Å²) in [7, 11) is 5.01.